The van der Waals surface area contributed by atoms with Crippen molar-refractivity contribution in [1.82, 2.24) is 0 Å². The summed E-state index contributed by atoms with van der Waals surface area (Å²) in [6.07, 6.45) is 0. The number of benzene rings is 2. The largest absolute Gasteiger partial charge is 0.478 e. The van der Waals surface area contributed by atoms with Gasteiger partial charge in [0.05, 0.1) is 5.56 Å². The van der Waals surface area contributed by atoms with Gasteiger partial charge in [0, 0.05) is 0 Å². The second-order valence-electron chi connectivity index (χ2n) is 3.28. The molecule has 15 heavy (non-hydrogen) atoms. The molecule has 2 rings (SSSR count). The van der Waals surface area contributed by atoms with Crippen LogP contribution in [0.1, 0.15) is 15.9 Å². The zero-order chi connectivity index (χ0) is 10.1. The van der Waals surface area contributed by atoms with Crippen LogP contribution >= 0.6 is 0 Å². The highest BCUT2D eigenvalue weighted by molar-refractivity contribution is 6.04. The lowest BCUT2D eigenvalue weighted by Crippen LogP contribution is -1.97. The SMILES string of the molecule is Cc1ccc(C(=O)O)c2ccccc12.[AlH3]. The number of hydrogen-bond acceptors (Lipinski definition) is 1. The van der Waals surface area contributed by atoms with Crippen LogP contribution in [0.15, 0.2) is 36.4 Å². The fraction of sp³-hybridized carbons (Fsp3) is 0.0833. The van der Waals surface area contributed by atoms with E-state index in [0.29, 0.717) is 5.56 Å². The summed E-state index contributed by atoms with van der Waals surface area (Å²) >= 11 is 0. The first-order chi connectivity index (χ1) is 6.70. The molecule has 0 saturated carbocycles. The first-order valence-corrected chi connectivity index (χ1v) is 4.42. The number of carboxylic acids is 1. The van der Waals surface area contributed by atoms with Crippen molar-refractivity contribution in [2.45, 2.75) is 6.92 Å². The minimum Gasteiger partial charge on any atom is -0.478 e. The maximum atomic E-state index is 10.9. The van der Waals surface area contributed by atoms with Crippen molar-refractivity contribution in [3.8, 4) is 0 Å². The number of rotatable bonds is 1. The summed E-state index contributed by atoms with van der Waals surface area (Å²) in [5.74, 6) is -0.874. The lowest BCUT2D eigenvalue weighted by Gasteiger charge is -2.04. The molecule has 0 aliphatic carbocycles. The summed E-state index contributed by atoms with van der Waals surface area (Å²) in [5, 5.41) is 10.8. The Bertz CT molecular complexity index is 506. The molecule has 76 valence electrons. The Morgan fingerprint density at radius 1 is 1.07 bits per heavy atom. The molecule has 0 aliphatic rings. The molecule has 2 aromatic carbocycles. The lowest BCUT2D eigenvalue weighted by atomic mass is 10.0. The van der Waals surface area contributed by atoms with E-state index < -0.39 is 5.97 Å². The molecular weight excluding hydrogens is 203 g/mol. The summed E-state index contributed by atoms with van der Waals surface area (Å²) in [4.78, 5) is 10.9. The monoisotopic (exact) mass is 216 g/mol. The summed E-state index contributed by atoms with van der Waals surface area (Å²) in [6.45, 7) is 1.98. The molecule has 3 heteroatoms. The molecule has 0 aromatic heterocycles. The average Bonchev–Trinajstić information content (AvgIpc) is 2.18. The molecule has 1 N–H and O–H groups in total. The third kappa shape index (κ3) is 2.04. The zero-order valence-corrected chi connectivity index (χ0v) is 7.82. The molecule has 0 unspecified atom stereocenters. The third-order valence-electron chi connectivity index (χ3n) is 2.37. The maximum Gasteiger partial charge on any atom is 0.336 e. The Labute approximate surface area is 98.7 Å². The number of aromatic carboxylic acids is 1. The van der Waals surface area contributed by atoms with E-state index in [-0.39, 0.29) is 17.4 Å². The van der Waals surface area contributed by atoms with Crippen LogP contribution in [0.3, 0.4) is 0 Å². The second kappa shape index (κ2) is 4.48. The van der Waals surface area contributed by atoms with Crippen LogP contribution in [0.5, 0.6) is 0 Å². The lowest BCUT2D eigenvalue weighted by molar-refractivity contribution is 0.0699. The molecule has 2 aromatic rings. The van der Waals surface area contributed by atoms with Crippen LogP contribution in [0.25, 0.3) is 10.8 Å². The van der Waals surface area contributed by atoms with Gasteiger partial charge in [0.1, 0.15) is 0 Å². The van der Waals surface area contributed by atoms with Gasteiger partial charge >= 0.3 is 5.97 Å². The minimum absolute atomic E-state index is 0. The highest BCUT2D eigenvalue weighted by Crippen LogP contribution is 2.21. The minimum atomic E-state index is -0.874. The second-order valence-corrected chi connectivity index (χ2v) is 3.28. The Morgan fingerprint density at radius 2 is 1.67 bits per heavy atom. The van der Waals surface area contributed by atoms with Gasteiger partial charge in [-0.1, -0.05) is 30.3 Å². The summed E-state index contributed by atoms with van der Waals surface area (Å²) < 4.78 is 0. The Balaban J connectivity index is 0.00000112. The van der Waals surface area contributed by atoms with Crippen LogP contribution in [0, 0.1) is 6.92 Å². The number of hydrogen-bond donors (Lipinski definition) is 1. The van der Waals surface area contributed by atoms with E-state index in [4.69, 9.17) is 5.11 Å². The van der Waals surface area contributed by atoms with Gasteiger partial charge in [-0.15, -0.1) is 0 Å². The Hall–Kier alpha value is -1.30. The van der Waals surface area contributed by atoms with Crippen LogP contribution in [-0.2, 0) is 0 Å². The zero-order valence-electron chi connectivity index (χ0n) is 7.82. The van der Waals surface area contributed by atoms with Crippen molar-refractivity contribution in [3.05, 3.63) is 47.5 Å². The van der Waals surface area contributed by atoms with Crippen molar-refractivity contribution < 1.29 is 9.90 Å². The van der Waals surface area contributed by atoms with Crippen molar-refractivity contribution in [2.24, 2.45) is 0 Å². The van der Waals surface area contributed by atoms with Crippen molar-refractivity contribution >= 4 is 34.1 Å². The van der Waals surface area contributed by atoms with E-state index in [0.717, 1.165) is 16.3 Å². The molecule has 0 bridgehead atoms. The van der Waals surface area contributed by atoms with Gasteiger partial charge in [-0.3, -0.25) is 0 Å². The van der Waals surface area contributed by atoms with Gasteiger partial charge in [-0.2, -0.15) is 0 Å². The summed E-state index contributed by atoms with van der Waals surface area (Å²) in [5.41, 5.74) is 1.47. The molecular formula is C12H13AlO2. The van der Waals surface area contributed by atoms with E-state index in [1.165, 1.54) is 0 Å². The first-order valence-electron chi connectivity index (χ1n) is 4.42. The van der Waals surface area contributed by atoms with Crippen LogP contribution in [0.4, 0.5) is 0 Å². The van der Waals surface area contributed by atoms with Gasteiger partial charge in [-0.25, -0.2) is 4.79 Å². The van der Waals surface area contributed by atoms with E-state index in [2.05, 4.69) is 0 Å². The molecule has 0 radical (unpaired) electrons. The van der Waals surface area contributed by atoms with Crippen molar-refractivity contribution in [2.75, 3.05) is 0 Å². The normalized spacial score (nSPS) is 9.67. The number of carboxylic acid groups (broad SMARTS) is 1. The van der Waals surface area contributed by atoms with Crippen LogP contribution in [-0.4, -0.2) is 28.4 Å². The van der Waals surface area contributed by atoms with Crippen LogP contribution < -0.4 is 0 Å². The maximum absolute atomic E-state index is 10.9. The van der Waals surface area contributed by atoms with Gasteiger partial charge in [0.2, 0.25) is 0 Å². The standard InChI is InChI=1S/C12H10O2.Al.3H/c1-8-6-7-11(12(13)14)10-5-3-2-4-9(8)10;;;;/h2-7H,1H3,(H,13,14);;;;. The molecule has 0 heterocycles. The van der Waals surface area contributed by atoms with Gasteiger partial charge in [0.15, 0.2) is 17.4 Å². The first kappa shape index (κ1) is 11.8. The molecule has 0 atom stereocenters. The highest BCUT2D eigenvalue weighted by atomic mass is 27.0. The van der Waals surface area contributed by atoms with Crippen LogP contribution in [0.2, 0.25) is 0 Å². The van der Waals surface area contributed by atoms with Gasteiger partial charge < -0.3 is 5.11 Å². The fourth-order valence-electron chi connectivity index (χ4n) is 1.64. The van der Waals surface area contributed by atoms with E-state index in [9.17, 15) is 4.79 Å². The highest BCUT2D eigenvalue weighted by Gasteiger charge is 2.08. The van der Waals surface area contributed by atoms with Crippen molar-refractivity contribution in [3.63, 3.8) is 0 Å². The Kier molecular flexibility index (Phi) is 3.52. The van der Waals surface area contributed by atoms with E-state index in [1.54, 1.807) is 6.07 Å². The summed E-state index contributed by atoms with van der Waals surface area (Å²) in [6, 6.07) is 11.0. The molecule has 0 amide bonds. The topological polar surface area (TPSA) is 37.3 Å². The van der Waals surface area contributed by atoms with Gasteiger partial charge in [-0.05, 0) is 29.3 Å². The predicted octanol–water partition coefficient (Wildman–Crippen LogP) is 1.66. The van der Waals surface area contributed by atoms with Crippen molar-refractivity contribution in [1.29, 1.82) is 0 Å². The summed E-state index contributed by atoms with van der Waals surface area (Å²) in [7, 11) is 0. The molecule has 0 spiro atoms. The average molecular weight is 216 g/mol. The molecule has 2 nitrogen and oxygen atoms in total. The van der Waals surface area contributed by atoms with E-state index in [1.807, 2.05) is 37.3 Å². The third-order valence-corrected chi connectivity index (χ3v) is 2.37. The Morgan fingerprint density at radius 3 is 2.27 bits per heavy atom. The molecule has 0 saturated heterocycles. The smallest absolute Gasteiger partial charge is 0.336 e. The predicted molar refractivity (Wildman–Crippen MR) is 65.6 cm³/mol. The fourth-order valence-corrected chi connectivity index (χ4v) is 1.64. The molecule has 0 fully saturated rings. The van der Waals surface area contributed by atoms with E-state index >= 15 is 0 Å². The number of aryl methyl sites for hydroxylation is 1. The molecule has 0 aliphatic heterocycles. The number of fused-ring (bicyclic) bond motifs is 1. The number of carbonyl (C=O) groups is 1. The quantitative estimate of drug-likeness (QED) is 0.736. The van der Waals surface area contributed by atoms with Gasteiger partial charge in [0.25, 0.3) is 0 Å².